The van der Waals surface area contributed by atoms with Gasteiger partial charge in [-0.15, -0.1) is 0 Å². The number of hydrogen-bond donors (Lipinski definition) is 2. The molecule has 0 aliphatic carbocycles. The van der Waals surface area contributed by atoms with Gasteiger partial charge in [0.15, 0.2) is 0 Å². The first-order valence-electron chi connectivity index (χ1n) is 4.83. The van der Waals surface area contributed by atoms with Crippen LogP contribution >= 0.6 is 12.2 Å². The van der Waals surface area contributed by atoms with Crippen LogP contribution in [0.2, 0.25) is 0 Å². The van der Waals surface area contributed by atoms with Crippen molar-refractivity contribution in [1.82, 2.24) is 4.98 Å². The van der Waals surface area contributed by atoms with Crippen LogP contribution in [0.25, 0.3) is 0 Å². The predicted molar refractivity (Wildman–Crippen MR) is 70.4 cm³/mol. The second kappa shape index (κ2) is 4.72. The zero-order valence-corrected chi connectivity index (χ0v) is 9.37. The molecule has 0 radical (unpaired) electrons. The van der Waals surface area contributed by atoms with Gasteiger partial charge < -0.3 is 10.7 Å². The summed E-state index contributed by atoms with van der Waals surface area (Å²) in [6.07, 6.45) is 3.60. The van der Waals surface area contributed by atoms with Crippen LogP contribution in [0.5, 0.6) is 0 Å². The third-order valence-electron chi connectivity index (χ3n) is 2.13. The largest absolute Gasteiger partial charge is 0.389 e. The highest BCUT2D eigenvalue weighted by molar-refractivity contribution is 7.80. The first-order valence-corrected chi connectivity index (χ1v) is 5.24. The fraction of sp³-hybridized carbons (Fsp3) is 0. The Morgan fingerprint density at radius 3 is 2.75 bits per heavy atom. The SMILES string of the molecule is NC(=S)c1ccccc1N=Cc1ccc[nH]1. The van der Waals surface area contributed by atoms with Gasteiger partial charge in [0.05, 0.1) is 17.6 Å². The fourth-order valence-electron chi connectivity index (χ4n) is 1.36. The fourth-order valence-corrected chi connectivity index (χ4v) is 1.53. The highest BCUT2D eigenvalue weighted by Crippen LogP contribution is 2.18. The zero-order valence-electron chi connectivity index (χ0n) is 8.55. The maximum atomic E-state index is 5.61. The molecule has 0 saturated heterocycles. The van der Waals surface area contributed by atoms with Crippen LogP contribution < -0.4 is 5.73 Å². The molecule has 0 spiro atoms. The summed E-state index contributed by atoms with van der Waals surface area (Å²) in [7, 11) is 0. The molecule has 16 heavy (non-hydrogen) atoms. The van der Waals surface area contributed by atoms with Crippen molar-refractivity contribution in [2.45, 2.75) is 0 Å². The number of nitrogens with zero attached hydrogens (tertiary/aromatic N) is 1. The molecule has 0 aliphatic rings. The van der Waals surface area contributed by atoms with Gasteiger partial charge in [-0.2, -0.15) is 0 Å². The van der Waals surface area contributed by atoms with Crippen molar-refractivity contribution in [1.29, 1.82) is 0 Å². The van der Waals surface area contributed by atoms with Gasteiger partial charge >= 0.3 is 0 Å². The van der Waals surface area contributed by atoms with Gasteiger partial charge in [-0.05, 0) is 24.3 Å². The topological polar surface area (TPSA) is 54.2 Å². The number of aromatic amines is 1. The number of nitrogens with one attached hydrogen (secondary N) is 1. The molecule has 1 heterocycles. The number of nitrogens with two attached hydrogens (primary N) is 1. The van der Waals surface area contributed by atoms with Crippen molar-refractivity contribution in [3.05, 3.63) is 53.9 Å². The van der Waals surface area contributed by atoms with Crippen LogP contribution in [-0.2, 0) is 0 Å². The molecule has 0 unspecified atom stereocenters. The van der Waals surface area contributed by atoms with Gasteiger partial charge in [0.1, 0.15) is 4.99 Å². The van der Waals surface area contributed by atoms with E-state index in [2.05, 4.69) is 9.98 Å². The van der Waals surface area contributed by atoms with Crippen molar-refractivity contribution >= 4 is 29.1 Å². The lowest BCUT2D eigenvalue weighted by Gasteiger charge is -2.01. The molecule has 0 bridgehead atoms. The maximum Gasteiger partial charge on any atom is 0.106 e. The standard InChI is InChI=1S/C12H11N3S/c13-12(16)10-5-1-2-6-11(10)15-8-9-4-3-7-14-9/h1-8,14H,(H2,13,16). The van der Waals surface area contributed by atoms with Crippen molar-refractivity contribution in [3.8, 4) is 0 Å². The number of benzene rings is 1. The maximum absolute atomic E-state index is 5.61. The smallest absolute Gasteiger partial charge is 0.106 e. The van der Waals surface area contributed by atoms with E-state index in [1.807, 2.05) is 42.6 Å². The number of H-pyrrole nitrogens is 1. The Balaban J connectivity index is 2.31. The van der Waals surface area contributed by atoms with Crippen molar-refractivity contribution in [2.24, 2.45) is 10.7 Å². The van der Waals surface area contributed by atoms with E-state index in [9.17, 15) is 0 Å². The number of para-hydroxylation sites is 1. The summed E-state index contributed by atoms with van der Waals surface area (Å²) >= 11 is 4.96. The molecule has 1 aromatic carbocycles. The van der Waals surface area contributed by atoms with E-state index < -0.39 is 0 Å². The van der Waals surface area contributed by atoms with Gasteiger partial charge in [-0.1, -0.05) is 24.4 Å². The molecule has 80 valence electrons. The molecule has 0 atom stereocenters. The molecule has 0 amide bonds. The molecule has 3 N–H and O–H groups in total. The summed E-state index contributed by atoms with van der Waals surface area (Å²) < 4.78 is 0. The average Bonchev–Trinajstić information content (AvgIpc) is 2.79. The lowest BCUT2D eigenvalue weighted by Crippen LogP contribution is -2.09. The molecule has 0 saturated carbocycles. The van der Waals surface area contributed by atoms with Crippen LogP contribution in [0, 0.1) is 0 Å². The number of aromatic nitrogens is 1. The van der Waals surface area contributed by atoms with Crippen LogP contribution in [-0.4, -0.2) is 16.2 Å². The lowest BCUT2D eigenvalue weighted by molar-refractivity contribution is 1.37. The zero-order chi connectivity index (χ0) is 11.4. The number of aliphatic imine (C=N–C) groups is 1. The number of thiocarbonyl (C=S) groups is 1. The summed E-state index contributed by atoms with van der Waals surface area (Å²) in [5, 5.41) is 0. The predicted octanol–water partition coefficient (Wildman–Crippen LogP) is 2.40. The second-order valence-electron chi connectivity index (χ2n) is 3.27. The summed E-state index contributed by atoms with van der Waals surface area (Å²) in [6.45, 7) is 0. The molecule has 4 heteroatoms. The van der Waals surface area contributed by atoms with Crippen LogP contribution in [0.1, 0.15) is 11.3 Å². The van der Waals surface area contributed by atoms with Crippen LogP contribution in [0.15, 0.2) is 47.6 Å². The third kappa shape index (κ3) is 2.35. The van der Waals surface area contributed by atoms with Crippen LogP contribution in [0.3, 0.4) is 0 Å². The lowest BCUT2D eigenvalue weighted by atomic mass is 10.2. The summed E-state index contributed by atoms with van der Waals surface area (Å²) in [5.41, 5.74) is 8.13. The minimum atomic E-state index is 0.360. The molecule has 1 aromatic heterocycles. The molecule has 0 fully saturated rings. The minimum absolute atomic E-state index is 0.360. The van der Waals surface area contributed by atoms with E-state index in [0.29, 0.717) is 4.99 Å². The monoisotopic (exact) mass is 229 g/mol. The highest BCUT2D eigenvalue weighted by atomic mass is 32.1. The van der Waals surface area contributed by atoms with E-state index in [1.165, 1.54) is 0 Å². The van der Waals surface area contributed by atoms with Gasteiger partial charge in [0.2, 0.25) is 0 Å². The van der Waals surface area contributed by atoms with E-state index >= 15 is 0 Å². The van der Waals surface area contributed by atoms with Gasteiger partial charge in [0.25, 0.3) is 0 Å². The van der Waals surface area contributed by atoms with E-state index in [0.717, 1.165) is 16.9 Å². The van der Waals surface area contributed by atoms with Crippen molar-refractivity contribution in [3.63, 3.8) is 0 Å². The minimum Gasteiger partial charge on any atom is -0.389 e. The van der Waals surface area contributed by atoms with E-state index in [1.54, 1.807) is 6.21 Å². The Bertz CT molecular complexity index is 515. The molecular weight excluding hydrogens is 218 g/mol. The Morgan fingerprint density at radius 1 is 1.25 bits per heavy atom. The molecule has 2 rings (SSSR count). The van der Waals surface area contributed by atoms with Crippen molar-refractivity contribution < 1.29 is 0 Å². The molecule has 0 aliphatic heterocycles. The number of hydrogen-bond acceptors (Lipinski definition) is 2. The molecular formula is C12H11N3S. The first-order chi connectivity index (χ1) is 7.77. The van der Waals surface area contributed by atoms with E-state index in [4.69, 9.17) is 18.0 Å². The summed E-state index contributed by atoms with van der Waals surface area (Å²) in [5.74, 6) is 0. The van der Waals surface area contributed by atoms with Gasteiger partial charge in [0, 0.05) is 11.8 Å². The molecule has 3 nitrogen and oxygen atoms in total. The quantitative estimate of drug-likeness (QED) is 0.627. The third-order valence-corrected chi connectivity index (χ3v) is 2.35. The average molecular weight is 229 g/mol. The summed E-state index contributed by atoms with van der Waals surface area (Å²) in [4.78, 5) is 7.75. The number of rotatable bonds is 3. The molecule has 2 aromatic rings. The van der Waals surface area contributed by atoms with Gasteiger partial charge in [-0.25, -0.2) is 0 Å². The Hall–Kier alpha value is -1.94. The second-order valence-corrected chi connectivity index (χ2v) is 3.70. The van der Waals surface area contributed by atoms with Crippen LogP contribution in [0.4, 0.5) is 5.69 Å². The van der Waals surface area contributed by atoms with Gasteiger partial charge in [-0.3, -0.25) is 4.99 Å². The first kappa shape index (κ1) is 10.6. The Morgan fingerprint density at radius 2 is 2.06 bits per heavy atom. The van der Waals surface area contributed by atoms with Crippen molar-refractivity contribution in [2.75, 3.05) is 0 Å². The van der Waals surface area contributed by atoms with E-state index in [-0.39, 0.29) is 0 Å². The highest BCUT2D eigenvalue weighted by Gasteiger charge is 2.01. The normalized spacial score (nSPS) is 10.8. The summed E-state index contributed by atoms with van der Waals surface area (Å²) in [6, 6.07) is 11.4. The Kier molecular flexibility index (Phi) is 3.12. The Labute approximate surface area is 99.0 Å².